The van der Waals surface area contributed by atoms with Crippen LogP contribution in [0.2, 0.25) is 0 Å². The van der Waals surface area contributed by atoms with Gasteiger partial charge in [-0.15, -0.1) is 0 Å². The minimum absolute atomic E-state index is 0.192. The van der Waals surface area contributed by atoms with Crippen molar-refractivity contribution in [3.63, 3.8) is 0 Å². The Balaban J connectivity index is 2.37. The van der Waals surface area contributed by atoms with E-state index in [9.17, 15) is 30.0 Å². The van der Waals surface area contributed by atoms with Gasteiger partial charge in [0.25, 0.3) is 0 Å². The lowest BCUT2D eigenvalue weighted by Crippen LogP contribution is -2.59. The van der Waals surface area contributed by atoms with Gasteiger partial charge in [0.05, 0.1) is 13.2 Å². The lowest BCUT2D eigenvalue weighted by atomic mass is 9.99. The molecule has 0 aromatic rings. The molecular weight excluding hydrogens is 712 g/mol. The van der Waals surface area contributed by atoms with Crippen molar-refractivity contribution in [1.82, 2.24) is 0 Å². The van der Waals surface area contributed by atoms with Gasteiger partial charge in [0.15, 0.2) is 12.4 Å². The molecule has 56 heavy (non-hydrogen) atoms. The second kappa shape index (κ2) is 37.0. The summed E-state index contributed by atoms with van der Waals surface area (Å²) in [4.78, 5) is 25.3. The molecule has 1 fully saturated rings. The van der Waals surface area contributed by atoms with Crippen LogP contribution in [-0.2, 0) is 28.5 Å². The van der Waals surface area contributed by atoms with Crippen LogP contribution < -0.4 is 0 Å². The maximum absolute atomic E-state index is 12.8. The number of carbonyl (C=O) groups excluding carboxylic acids is 2. The molecule has 1 saturated heterocycles. The predicted molar refractivity (Wildman–Crippen MR) is 224 cm³/mol. The van der Waals surface area contributed by atoms with Crippen LogP contribution in [0.1, 0.15) is 174 Å². The number of aliphatic hydroxyl groups excluding tert-OH is 4. The van der Waals surface area contributed by atoms with Crippen LogP contribution in [0.5, 0.6) is 0 Å². The van der Waals surface area contributed by atoms with Gasteiger partial charge in [-0.25, -0.2) is 0 Å². The van der Waals surface area contributed by atoms with Crippen LogP contribution in [0, 0.1) is 0 Å². The molecule has 0 aromatic carbocycles. The fraction of sp³-hybridized carbons (Fsp3) is 0.783. The van der Waals surface area contributed by atoms with Crippen molar-refractivity contribution in [1.29, 1.82) is 0 Å². The highest BCUT2D eigenvalue weighted by atomic mass is 16.7. The van der Waals surface area contributed by atoms with Crippen LogP contribution in [-0.4, -0.2) is 89.0 Å². The van der Waals surface area contributed by atoms with Crippen LogP contribution in [0.4, 0.5) is 0 Å². The highest BCUT2D eigenvalue weighted by Gasteiger charge is 2.44. The van der Waals surface area contributed by atoms with Gasteiger partial charge in [0.1, 0.15) is 31.0 Å². The Morgan fingerprint density at radius 1 is 0.554 bits per heavy atom. The molecule has 0 bridgehead atoms. The van der Waals surface area contributed by atoms with Gasteiger partial charge in [0, 0.05) is 12.8 Å². The van der Waals surface area contributed by atoms with E-state index in [0.717, 1.165) is 64.2 Å². The molecular formula is C46H80O10. The maximum atomic E-state index is 12.8. The summed E-state index contributed by atoms with van der Waals surface area (Å²) in [6.07, 6.45) is 35.4. The first-order chi connectivity index (χ1) is 27.3. The number of aliphatic hydroxyl groups is 4. The standard InChI is InChI=1S/C46H80O10/c1-3-5-7-9-11-13-15-17-19-20-21-23-25-27-29-31-33-35-42(49)55-39(38-54-46-45(52)44(51)43(50)40(36-47)56-46)37-53-41(48)34-32-30-28-26-24-22-18-16-14-12-10-8-6-4-2/h7,9,13,15,19-20,23,25,39-40,43-47,50-52H,3-6,8,10-12,14,16-18,21-22,24,26-38H2,1-2H3/b9-7+,15-13+,20-19+,25-23+/t39-,40-,43+,44?,45?,46-/m1/s1. The van der Waals surface area contributed by atoms with Crippen LogP contribution in [0.25, 0.3) is 0 Å². The lowest BCUT2D eigenvalue weighted by Gasteiger charge is -2.39. The Labute approximate surface area is 339 Å². The van der Waals surface area contributed by atoms with Gasteiger partial charge in [-0.2, -0.15) is 0 Å². The molecule has 1 rings (SSSR count). The van der Waals surface area contributed by atoms with Gasteiger partial charge in [0.2, 0.25) is 0 Å². The quantitative estimate of drug-likeness (QED) is 0.0275. The minimum Gasteiger partial charge on any atom is -0.462 e. The Kier molecular flexibility index (Phi) is 34.1. The Bertz CT molecular complexity index is 1050. The first-order valence-electron chi connectivity index (χ1n) is 22.2. The molecule has 324 valence electrons. The third-order valence-electron chi connectivity index (χ3n) is 9.95. The summed E-state index contributed by atoms with van der Waals surface area (Å²) < 4.78 is 22.1. The average Bonchev–Trinajstić information content (AvgIpc) is 3.19. The van der Waals surface area contributed by atoms with Crippen LogP contribution >= 0.6 is 0 Å². The number of rotatable bonds is 36. The summed E-state index contributed by atoms with van der Waals surface area (Å²) >= 11 is 0. The van der Waals surface area contributed by atoms with Crippen molar-refractivity contribution < 1.29 is 49.0 Å². The molecule has 0 radical (unpaired) electrons. The Morgan fingerprint density at radius 3 is 1.57 bits per heavy atom. The zero-order chi connectivity index (χ0) is 40.9. The molecule has 0 aromatic heterocycles. The van der Waals surface area contributed by atoms with E-state index in [1.54, 1.807) is 0 Å². The topological polar surface area (TPSA) is 152 Å². The van der Waals surface area contributed by atoms with Gasteiger partial charge in [-0.1, -0.05) is 159 Å². The number of hydrogen-bond donors (Lipinski definition) is 4. The van der Waals surface area contributed by atoms with Crippen LogP contribution in [0.15, 0.2) is 48.6 Å². The molecule has 1 aliphatic heterocycles. The fourth-order valence-corrected chi connectivity index (χ4v) is 6.41. The molecule has 0 aliphatic carbocycles. The lowest BCUT2D eigenvalue weighted by molar-refractivity contribution is -0.305. The van der Waals surface area contributed by atoms with E-state index in [1.807, 2.05) is 0 Å². The highest BCUT2D eigenvalue weighted by Crippen LogP contribution is 2.22. The molecule has 2 unspecified atom stereocenters. The summed E-state index contributed by atoms with van der Waals surface area (Å²) in [5.41, 5.74) is 0. The maximum Gasteiger partial charge on any atom is 0.306 e. The summed E-state index contributed by atoms with van der Waals surface area (Å²) in [5, 5.41) is 40.0. The SMILES string of the molecule is CCC/C=C/C/C=C/C/C=C/C/C=C/CCCCCC(=O)O[C@H](COC(=O)CCCCCCCCCCCCCCCC)CO[C@@H]1O[C@H](CO)[C@H](O)C(O)C1O. The Hall–Kier alpha value is -2.34. The molecule has 10 nitrogen and oxygen atoms in total. The van der Waals surface area contributed by atoms with Crippen molar-refractivity contribution >= 4 is 11.9 Å². The number of allylic oxidation sites excluding steroid dienone is 8. The monoisotopic (exact) mass is 793 g/mol. The number of unbranched alkanes of at least 4 members (excludes halogenated alkanes) is 17. The molecule has 1 heterocycles. The minimum atomic E-state index is -1.60. The third kappa shape index (κ3) is 28.1. The average molecular weight is 793 g/mol. The van der Waals surface area contributed by atoms with E-state index in [1.165, 1.54) is 77.0 Å². The Morgan fingerprint density at radius 2 is 1.04 bits per heavy atom. The van der Waals surface area contributed by atoms with Crippen molar-refractivity contribution in [2.75, 3.05) is 19.8 Å². The number of hydrogen-bond acceptors (Lipinski definition) is 10. The van der Waals surface area contributed by atoms with Gasteiger partial charge in [-0.05, 0) is 51.4 Å². The van der Waals surface area contributed by atoms with Gasteiger partial charge >= 0.3 is 11.9 Å². The van der Waals surface area contributed by atoms with E-state index in [-0.39, 0.29) is 32.0 Å². The van der Waals surface area contributed by atoms with Crippen LogP contribution in [0.3, 0.4) is 0 Å². The summed E-state index contributed by atoms with van der Waals surface area (Å²) in [5.74, 6) is -0.842. The smallest absolute Gasteiger partial charge is 0.306 e. The number of ether oxygens (including phenoxy) is 4. The van der Waals surface area contributed by atoms with E-state index < -0.39 is 49.4 Å². The van der Waals surface area contributed by atoms with Crippen molar-refractivity contribution in [2.24, 2.45) is 0 Å². The van der Waals surface area contributed by atoms with E-state index in [2.05, 4.69) is 62.5 Å². The first-order valence-corrected chi connectivity index (χ1v) is 22.2. The predicted octanol–water partition coefficient (Wildman–Crippen LogP) is 9.27. The van der Waals surface area contributed by atoms with Crippen molar-refractivity contribution in [3.05, 3.63) is 48.6 Å². The molecule has 1 aliphatic rings. The first kappa shape index (κ1) is 51.7. The second-order valence-electron chi connectivity index (χ2n) is 15.2. The van der Waals surface area contributed by atoms with E-state index >= 15 is 0 Å². The summed E-state index contributed by atoms with van der Waals surface area (Å²) in [6, 6.07) is 0. The highest BCUT2D eigenvalue weighted by molar-refractivity contribution is 5.70. The van der Waals surface area contributed by atoms with Crippen molar-refractivity contribution in [2.45, 2.75) is 211 Å². The van der Waals surface area contributed by atoms with Crippen molar-refractivity contribution in [3.8, 4) is 0 Å². The second-order valence-corrected chi connectivity index (χ2v) is 15.2. The van der Waals surface area contributed by atoms with E-state index in [4.69, 9.17) is 18.9 Å². The normalized spacial score (nSPS) is 20.9. The van der Waals surface area contributed by atoms with E-state index in [0.29, 0.717) is 6.42 Å². The number of carbonyl (C=O) groups is 2. The summed E-state index contributed by atoms with van der Waals surface area (Å²) in [7, 11) is 0. The molecule has 0 saturated carbocycles. The van der Waals surface area contributed by atoms with Gasteiger partial charge in [-0.3, -0.25) is 9.59 Å². The zero-order valence-electron chi connectivity index (χ0n) is 35.1. The fourth-order valence-electron chi connectivity index (χ4n) is 6.41. The molecule has 0 spiro atoms. The molecule has 6 atom stereocenters. The molecule has 10 heteroatoms. The van der Waals surface area contributed by atoms with Gasteiger partial charge < -0.3 is 39.4 Å². The number of esters is 2. The zero-order valence-corrected chi connectivity index (χ0v) is 35.1. The molecule has 0 amide bonds. The summed E-state index contributed by atoms with van der Waals surface area (Å²) in [6.45, 7) is 3.32. The third-order valence-corrected chi connectivity index (χ3v) is 9.95. The molecule has 4 N–H and O–H groups in total. The largest absolute Gasteiger partial charge is 0.462 e.